The van der Waals surface area contributed by atoms with Gasteiger partial charge < -0.3 is 0 Å². The molecule has 0 bridgehead atoms. The van der Waals surface area contributed by atoms with Gasteiger partial charge in [0.05, 0.1) is 0 Å². The third-order valence-electron chi connectivity index (χ3n) is 2.77. The van der Waals surface area contributed by atoms with Gasteiger partial charge in [0, 0.05) is 0 Å². The van der Waals surface area contributed by atoms with Crippen molar-refractivity contribution in [3.8, 4) is 0 Å². The lowest BCUT2D eigenvalue weighted by atomic mass is 9.72. The highest BCUT2D eigenvalue weighted by Crippen LogP contribution is 2.41. The van der Waals surface area contributed by atoms with Gasteiger partial charge in [0.25, 0.3) is 0 Å². The molecule has 0 aliphatic heterocycles. The lowest BCUT2D eigenvalue weighted by Gasteiger charge is -2.33. The van der Waals surface area contributed by atoms with Crippen molar-refractivity contribution in [2.45, 2.75) is 47.0 Å². The van der Waals surface area contributed by atoms with Gasteiger partial charge in [-0.15, -0.1) is 0 Å². The lowest BCUT2D eigenvalue weighted by Crippen LogP contribution is -2.18. The first-order valence-electron chi connectivity index (χ1n) is 4.77. The van der Waals surface area contributed by atoms with Crippen LogP contribution in [-0.4, -0.2) is 0 Å². The maximum atomic E-state index is 4.15. The Morgan fingerprint density at radius 1 is 1.33 bits per heavy atom. The number of allylic oxidation sites excluding steroid dienone is 3. The highest BCUT2D eigenvalue weighted by atomic mass is 14.3. The van der Waals surface area contributed by atoms with Crippen LogP contribution in [0, 0.1) is 5.41 Å². The maximum absolute atomic E-state index is 4.15. The Balaban J connectivity index is 2.81. The largest absolute Gasteiger partial charge is 0.0955 e. The van der Waals surface area contributed by atoms with Gasteiger partial charge in [0.2, 0.25) is 0 Å². The zero-order valence-electron chi connectivity index (χ0n) is 8.83. The zero-order valence-corrected chi connectivity index (χ0v) is 8.83. The second-order valence-corrected chi connectivity index (χ2v) is 4.92. The van der Waals surface area contributed by atoms with E-state index in [9.17, 15) is 0 Å². The molecule has 0 aromatic heterocycles. The van der Waals surface area contributed by atoms with Crippen molar-refractivity contribution in [1.82, 2.24) is 0 Å². The first-order chi connectivity index (χ1) is 5.42. The monoisotopic (exact) mass is 164 g/mol. The summed E-state index contributed by atoms with van der Waals surface area (Å²) in [4.78, 5) is 0. The van der Waals surface area contributed by atoms with E-state index in [0.29, 0.717) is 5.41 Å². The van der Waals surface area contributed by atoms with E-state index in [1.54, 1.807) is 0 Å². The molecule has 0 nitrogen and oxygen atoms in total. The van der Waals surface area contributed by atoms with Crippen LogP contribution < -0.4 is 0 Å². The van der Waals surface area contributed by atoms with Crippen molar-refractivity contribution in [1.29, 1.82) is 0 Å². The highest BCUT2D eigenvalue weighted by Gasteiger charge is 2.26. The molecule has 0 amide bonds. The van der Waals surface area contributed by atoms with E-state index in [1.807, 2.05) is 0 Å². The quantitative estimate of drug-likeness (QED) is 0.506. The van der Waals surface area contributed by atoms with Crippen LogP contribution in [0.2, 0.25) is 0 Å². The van der Waals surface area contributed by atoms with E-state index in [0.717, 1.165) is 0 Å². The summed E-state index contributed by atoms with van der Waals surface area (Å²) in [6.07, 6.45) is 3.72. The van der Waals surface area contributed by atoms with Crippen LogP contribution in [0.3, 0.4) is 0 Å². The molecule has 1 aliphatic carbocycles. The van der Waals surface area contributed by atoms with Crippen LogP contribution in [0.1, 0.15) is 47.0 Å². The molecule has 0 atom stereocenters. The molecule has 1 fully saturated rings. The van der Waals surface area contributed by atoms with Crippen LogP contribution in [0.5, 0.6) is 0 Å². The molecule has 0 heteroatoms. The molecular weight excluding hydrogens is 144 g/mol. The fraction of sp³-hybridized carbons (Fsp3) is 0.667. The minimum atomic E-state index is 0.482. The minimum Gasteiger partial charge on any atom is -0.0955 e. The van der Waals surface area contributed by atoms with Crippen LogP contribution in [-0.2, 0) is 0 Å². The van der Waals surface area contributed by atoms with Crippen molar-refractivity contribution in [3.63, 3.8) is 0 Å². The lowest BCUT2D eigenvalue weighted by molar-refractivity contribution is 0.313. The van der Waals surface area contributed by atoms with Gasteiger partial charge in [0.15, 0.2) is 0 Å². The minimum absolute atomic E-state index is 0.482. The molecule has 0 heterocycles. The van der Waals surface area contributed by atoms with Gasteiger partial charge in [-0.25, -0.2) is 0 Å². The topological polar surface area (TPSA) is 0 Å². The van der Waals surface area contributed by atoms with Gasteiger partial charge in [-0.1, -0.05) is 31.6 Å². The van der Waals surface area contributed by atoms with Crippen molar-refractivity contribution in [3.05, 3.63) is 23.3 Å². The number of rotatable bonds is 0. The predicted molar refractivity (Wildman–Crippen MR) is 55.1 cm³/mol. The predicted octanol–water partition coefficient (Wildman–Crippen LogP) is 4.09. The average molecular weight is 164 g/mol. The van der Waals surface area contributed by atoms with Gasteiger partial charge in [0.1, 0.15) is 0 Å². The Morgan fingerprint density at radius 3 is 2.33 bits per heavy atom. The summed E-state index contributed by atoms with van der Waals surface area (Å²) < 4.78 is 0. The third kappa shape index (κ3) is 2.00. The van der Waals surface area contributed by atoms with Crippen LogP contribution >= 0.6 is 0 Å². The molecule has 0 aromatic carbocycles. The van der Waals surface area contributed by atoms with Crippen molar-refractivity contribution in [2.24, 2.45) is 5.41 Å². The molecule has 0 spiro atoms. The second kappa shape index (κ2) is 3.08. The molecule has 68 valence electrons. The van der Waals surface area contributed by atoms with Crippen molar-refractivity contribution < 1.29 is 0 Å². The van der Waals surface area contributed by atoms with Gasteiger partial charge in [-0.2, -0.15) is 0 Å². The Bertz CT molecular complexity index is 224. The molecule has 0 radical (unpaired) electrons. The molecule has 0 N–H and O–H groups in total. The summed E-state index contributed by atoms with van der Waals surface area (Å²) in [6.45, 7) is 13.2. The Hall–Kier alpha value is -0.520. The van der Waals surface area contributed by atoms with Crippen LogP contribution in [0.15, 0.2) is 23.3 Å². The van der Waals surface area contributed by atoms with E-state index in [4.69, 9.17) is 0 Å². The highest BCUT2D eigenvalue weighted by molar-refractivity contribution is 5.34. The normalized spacial score (nSPS) is 22.7. The molecule has 0 unspecified atom stereocenters. The number of hydrogen-bond donors (Lipinski definition) is 0. The molecule has 1 rings (SSSR count). The van der Waals surface area contributed by atoms with Gasteiger partial charge >= 0.3 is 0 Å². The summed E-state index contributed by atoms with van der Waals surface area (Å²) in [5.41, 5.74) is 4.83. The van der Waals surface area contributed by atoms with Crippen LogP contribution in [0.25, 0.3) is 0 Å². The van der Waals surface area contributed by atoms with Crippen molar-refractivity contribution in [2.75, 3.05) is 0 Å². The standard InChI is InChI=1S/C12H20/c1-9(2)11-6-7-12(4,5)8-10(11)3/h3,6-8H2,1-2,4-5H3. The Kier molecular flexibility index (Phi) is 2.46. The first-order valence-corrected chi connectivity index (χ1v) is 4.77. The summed E-state index contributed by atoms with van der Waals surface area (Å²) in [6, 6.07) is 0. The fourth-order valence-corrected chi connectivity index (χ4v) is 2.02. The van der Waals surface area contributed by atoms with E-state index < -0.39 is 0 Å². The van der Waals surface area contributed by atoms with E-state index in [-0.39, 0.29) is 0 Å². The number of hydrogen-bond acceptors (Lipinski definition) is 0. The Labute approximate surface area is 76.4 Å². The SMILES string of the molecule is C=C1CC(C)(C)CCC1=C(C)C. The third-order valence-corrected chi connectivity index (χ3v) is 2.77. The zero-order chi connectivity index (χ0) is 9.35. The van der Waals surface area contributed by atoms with Gasteiger partial charge in [-0.05, 0) is 44.1 Å². The Morgan fingerprint density at radius 2 is 1.92 bits per heavy atom. The fourth-order valence-electron chi connectivity index (χ4n) is 2.02. The maximum Gasteiger partial charge on any atom is -0.0230 e. The van der Waals surface area contributed by atoms with Crippen molar-refractivity contribution >= 4 is 0 Å². The van der Waals surface area contributed by atoms with E-state index in [2.05, 4.69) is 34.3 Å². The second-order valence-electron chi connectivity index (χ2n) is 4.92. The summed E-state index contributed by atoms with van der Waals surface area (Å²) in [7, 11) is 0. The summed E-state index contributed by atoms with van der Waals surface area (Å²) in [5.74, 6) is 0. The van der Waals surface area contributed by atoms with Gasteiger partial charge in [-0.3, -0.25) is 0 Å². The molecule has 12 heavy (non-hydrogen) atoms. The first kappa shape index (κ1) is 9.57. The molecule has 0 saturated heterocycles. The molecule has 1 aliphatic rings. The smallest absolute Gasteiger partial charge is 0.0230 e. The van der Waals surface area contributed by atoms with E-state index in [1.165, 1.54) is 36.0 Å². The molecular formula is C12H20. The molecule has 1 saturated carbocycles. The van der Waals surface area contributed by atoms with Crippen LogP contribution in [0.4, 0.5) is 0 Å². The summed E-state index contributed by atoms with van der Waals surface area (Å²) in [5, 5.41) is 0. The summed E-state index contributed by atoms with van der Waals surface area (Å²) >= 11 is 0. The average Bonchev–Trinajstić information content (AvgIpc) is 1.83. The molecule has 0 aromatic rings. The van der Waals surface area contributed by atoms with E-state index >= 15 is 0 Å².